The van der Waals surface area contributed by atoms with Gasteiger partial charge in [-0.1, -0.05) is 123 Å². The first-order chi connectivity index (χ1) is 22.5. The first-order valence-corrected chi connectivity index (χ1v) is 16.1. The molecular weight excluding hydrogens is 555 g/mol. The molecule has 0 radical (unpaired) electrons. The molecule has 0 fully saturated rings. The Morgan fingerprint density at radius 3 is 1.83 bits per heavy atom. The first-order valence-electron chi connectivity index (χ1n) is 16.1. The Balaban J connectivity index is 1.14. The average molecular weight is 588 g/mol. The summed E-state index contributed by atoms with van der Waals surface area (Å²) < 4.78 is 0. The van der Waals surface area contributed by atoms with Gasteiger partial charge in [-0.05, 0) is 120 Å². The second-order valence-corrected chi connectivity index (χ2v) is 13.0. The molecule has 0 bridgehead atoms. The zero-order chi connectivity index (χ0) is 30.8. The molecule has 1 aliphatic rings. The molecule has 0 saturated heterocycles. The molecule has 0 atom stereocenters. The fraction of sp³-hybridized carbons (Fsp3) is 0.0667. The summed E-state index contributed by atoms with van der Waals surface area (Å²) in [7, 11) is 0. The third kappa shape index (κ3) is 4.16. The van der Waals surface area contributed by atoms with Gasteiger partial charge in [-0.25, -0.2) is 0 Å². The van der Waals surface area contributed by atoms with Crippen LogP contribution in [-0.4, -0.2) is 0 Å². The lowest BCUT2D eigenvalue weighted by atomic mass is 9.81. The molecule has 46 heavy (non-hydrogen) atoms. The highest BCUT2D eigenvalue weighted by atomic mass is 15.1. The van der Waals surface area contributed by atoms with Crippen LogP contribution in [0.1, 0.15) is 25.0 Å². The smallest absolute Gasteiger partial charge is 0.0468 e. The second kappa shape index (κ2) is 10.2. The minimum absolute atomic E-state index is 0.0225. The van der Waals surface area contributed by atoms with Crippen molar-refractivity contribution >= 4 is 49.4 Å². The van der Waals surface area contributed by atoms with Gasteiger partial charge in [0.2, 0.25) is 0 Å². The predicted octanol–water partition coefficient (Wildman–Crippen LogP) is 12.6. The highest BCUT2D eigenvalue weighted by Crippen LogP contribution is 2.50. The Hall–Kier alpha value is -5.66. The largest absolute Gasteiger partial charge is 0.310 e. The standard InChI is InChI=1S/C45H33N/c1-45(2)43-15-9-8-14-40(43)42-28-35-19-18-34-27-38(24-25-39(34)41(35)29-44(42)45)46(36-12-4-3-5-13-36)37-22-20-31(21-23-37)33-17-16-30-10-6-7-11-32(30)26-33/h3-29H,1-2H3. The van der Waals surface area contributed by atoms with Gasteiger partial charge >= 0.3 is 0 Å². The van der Waals surface area contributed by atoms with Crippen LogP contribution in [0.5, 0.6) is 0 Å². The molecule has 0 N–H and O–H groups in total. The summed E-state index contributed by atoms with van der Waals surface area (Å²) in [5.41, 5.74) is 11.4. The highest BCUT2D eigenvalue weighted by Gasteiger charge is 2.35. The summed E-state index contributed by atoms with van der Waals surface area (Å²) in [5.74, 6) is 0. The van der Waals surface area contributed by atoms with Crippen LogP contribution < -0.4 is 4.90 Å². The molecular formula is C45H33N. The minimum atomic E-state index is -0.0225. The number of para-hydroxylation sites is 1. The van der Waals surface area contributed by atoms with E-state index < -0.39 is 0 Å². The van der Waals surface area contributed by atoms with Crippen LogP contribution in [0.25, 0.3) is 54.6 Å². The number of anilines is 3. The van der Waals surface area contributed by atoms with Crippen molar-refractivity contribution in [3.63, 3.8) is 0 Å². The van der Waals surface area contributed by atoms with E-state index in [2.05, 4.69) is 183 Å². The second-order valence-electron chi connectivity index (χ2n) is 13.0. The molecule has 218 valence electrons. The van der Waals surface area contributed by atoms with E-state index in [4.69, 9.17) is 0 Å². The maximum atomic E-state index is 2.45. The van der Waals surface area contributed by atoms with E-state index in [0.717, 1.165) is 17.1 Å². The zero-order valence-electron chi connectivity index (χ0n) is 26.0. The average Bonchev–Trinajstić information content (AvgIpc) is 3.33. The van der Waals surface area contributed by atoms with Gasteiger partial charge in [0.25, 0.3) is 0 Å². The summed E-state index contributed by atoms with van der Waals surface area (Å²) in [6.45, 7) is 4.71. The van der Waals surface area contributed by atoms with Crippen LogP contribution in [0.15, 0.2) is 164 Å². The summed E-state index contributed by atoms with van der Waals surface area (Å²) in [4.78, 5) is 2.36. The van der Waals surface area contributed by atoms with Gasteiger partial charge < -0.3 is 4.90 Å². The SMILES string of the molecule is CC1(C)c2ccccc2-c2cc3ccc4cc(N(c5ccccc5)c5ccc(-c6ccc7ccccc7c6)cc5)ccc4c3cc21. The molecule has 0 aromatic heterocycles. The number of hydrogen-bond donors (Lipinski definition) is 0. The lowest BCUT2D eigenvalue weighted by molar-refractivity contribution is 0.661. The summed E-state index contributed by atoms with van der Waals surface area (Å²) in [5, 5.41) is 7.66. The molecule has 0 spiro atoms. The number of rotatable bonds is 4. The van der Waals surface area contributed by atoms with Gasteiger partial charge in [0, 0.05) is 22.5 Å². The van der Waals surface area contributed by atoms with Gasteiger partial charge in [-0.3, -0.25) is 0 Å². The fourth-order valence-electron chi connectivity index (χ4n) is 7.58. The highest BCUT2D eigenvalue weighted by molar-refractivity contribution is 6.10. The van der Waals surface area contributed by atoms with Crippen molar-refractivity contribution in [2.24, 2.45) is 0 Å². The lowest BCUT2D eigenvalue weighted by Gasteiger charge is -2.26. The van der Waals surface area contributed by atoms with E-state index in [9.17, 15) is 0 Å². The van der Waals surface area contributed by atoms with E-state index in [0.29, 0.717) is 0 Å². The van der Waals surface area contributed by atoms with Crippen molar-refractivity contribution in [2.75, 3.05) is 4.90 Å². The number of fused-ring (bicyclic) bond motifs is 7. The lowest BCUT2D eigenvalue weighted by Crippen LogP contribution is -2.14. The maximum absolute atomic E-state index is 2.45. The Morgan fingerprint density at radius 1 is 0.370 bits per heavy atom. The quantitative estimate of drug-likeness (QED) is 0.185. The minimum Gasteiger partial charge on any atom is -0.310 e. The van der Waals surface area contributed by atoms with Gasteiger partial charge in [0.15, 0.2) is 0 Å². The van der Waals surface area contributed by atoms with Gasteiger partial charge in [0.05, 0.1) is 0 Å². The number of benzene rings is 8. The molecule has 0 unspecified atom stereocenters. The van der Waals surface area contributed by atoms with Gasteiger partial charge in [-0.2, -0.15) is 0 Å². The van der Waals surface area contributed by atoms with E-state index in [1.807, 2.05) is 0 Å². The Labute approximate surface area is 270 Å². The first kappa shape index (κ1) is 26.7. The third-order valence-corrected chi connectivity index (χ3v) is 10.0. The summed E-state index contributed by atoms with van der Waals surface area (Å²) >= 11 is 0. The molecule has 9 rings (SSSR count). The van der Waals surface area contributed by atoms with Crippen LogP contribution in [-0.2, 0) is 5.41 Å². The van der Waals surface area contributed by atoms with Gasteiger partial charge in [0.1, 0.15) is 0 Å². The molecule has 0 aliphatic heterocycles. The van der Waals surface area contributed by atoms with Crippen molar-refractivity contribution in [1.82, 2.24) is 0 Å². The van der Waals surface area contributed by atoms with Crippen LogP contribution in [0.3, 0.4) is 0 Å². The Morgan fingerprint density at radius 2 is 1.00 bits per heavy atom. The van der Waals surface area contributed by atoms with Crippen LogP contribution >= 0.6 is 0 Å². The number of hydrogen-bond acceptors (Lipinski definition) is 1. The third-order valence-electron chi connectivity index (χ3n) is 10.0. The van der Waals surface area contributed by atoms with E-state index in [1.54, 1.807) is 0 Å². The van der Waals surface area contributed by atoms with Crippen molar-refractivity contribution < 1.29 is 0 Å². The van der Waals surface area contributed by atoms with Gasteiger partial charge in [-0.15, -0.1) is 0 Å². The molecule has 0 amide bonds. The van der Waals surface area contributed by atoms with Crippen molar-refractivity contribution in [3.05, 3.63) is 175 Å². The maximum Gasteiger partial charge on any atom is 0.0468 e. The molecule has 0 saturated carbocycles. The summed E-state index contributed by atoms with van der Waals surface area (Å²) in [6.07, 6.45) is 0. The van der Waals surface area contributed by atoms with Crippen molar-refractivity contribution in [1.29, 1.82) is 0 Å². The molecule has 8 aromatic rings. The van der Waals surface area contributed by atoms with Crippen LogP contribution in [0, 0.1) is 0 Å². The topological polar surface area (TPSA) is 3.24 Å². The molecule has 0 heterocycles. The molecule has 1 heteroatoms. The Bertz CT molecular complexity index is 2430. The predicted molar refractivity (Wildman–Crippen MR) is 197 cm³/mol. The van der Waals surface area contributed by atoms with E-state index >= 15 is 0 Å². The fourth-order valence-corrected chi connectivity index (χ4v) is 7.58. The van der Waals surface area contributed by atoms with Crippen molar-refractivity contribution in [3.8, 4) is 22.3 Å². The number of nitrogens with zero attached hydrogens (tertiary/aromatic N) is 1. The van der Waals surface area contributed by atoms with E-state index in [1.165, 1.54) is 65.7 Å². The summed E-state index contributed by atoms with van der Waals surface area (Å²) in [6, 6.07) is 60.1. The normalized spacial score (nSPS) is 13.2. The van der Waals surface area contributed by atoms with E-state index in [-0.39, 0.29) is 5.41 Å². The zero-order valence-corrected chi connectivity index (χ0v) is 26.0. The molecule has 1 aliphatic carbocycles. The monoisotopic (exact) mass is 587 g/mol. The van der Waals surface area contributed by atoms with Crippen molar-refractivity contribution in [2.45, 2.75) is 19.3 Å². The molecule has 1 nitrogen and oxygen atoms in total. The molecule has 8 aromatic carbocycles. The van der Waals surface area contributed by atoms with Crippen LogP contribution in [0.4, 0.5) is 17.1 Å². The van der Waals surface area contributed by atoms with Crippen LogP contribution in [0.2, 0.25) is 0 Å². The Kier molecular flexibility index (Phi) is 5.92.